The van der Waals surface area contributed by atoms with Gasteiger partial charge in [-0.15, -0.1) is 0 Å². The maximum Gasteiger partial charge on any atom is 0.307 e. The van der Waals surface area contributed by atoms with Gasteiger partial charge in [0.1, 0.15) is 5.76 Å². The van der Waals surface area contributed by atoms with E-state index in [1.807, 2.05) is 25.1 Å². The number of ether oxygens (including phenoxy) is 1. The van der Waals surface area contributed by atoms with Gasteiger partial charge in [0.05, 0.1) is 0 Å². The first-order valence-corrected chi connectivity index (χ1v) is 6.75. The van der Waals surface area contributed by atoms with Crippen LogP contribution in [0.3, 0.4) is 0 Å². The molecule has 0 aromatic heterocycles. The molecule has 0 radical (unpaired) electrons. The second-order valence-corrected chi connectivity index (χ2v) is 6.23. The molecule has 18 heavy (non-hydrogen) atoms. The third-order valence-electron chi connectivity index (χ3n) is 2.26. The Hall–Kier alpha value is -1.22. The smallest absolute Gasteiger partial charge is 0.307 e. The van der Waals surface area contributed by atoms with Gasteiger partial charge in [-0.1, -0.05) is 50.7 Å². The number of benzene rings is 1. The first-order valence-electron chi connectivity index (χ1n) is 5.93. The summed E-state index contributed by atoms with van der Waals surface area (Å²) in [5.74, 6) is 0.409. The van der Waals surface area contributed by atoms with Gasteiger partial charge in [-0.25, -0.2) is 0 Å². The Balaban J connectivity index is 3.04. The Morgan fingerprint density at radius 1 is 1.11 bits per heavy atom. The van der Waals surface area contributed by atoms with Crippen LogP contribution in [-0.4, -0.2) is 5.97 Å². The summed E-state index contributed by atoms with van der Waals surface area (Å²) in [5, 5.41) is 0. The summed E-state index contributed by atoms with van der Waals surface area (Å²) in [4.78, 5) is 13.3. The minimum atomic E-state index is -0.275. The summed E-state index contributed by atoms with van der Waals surface area (Å²) in [6.07, 6.45) is 0. The summed E-state index contributed by atoms with van der Waals surface area (Å²) in [7, 11) is 0. The van der Waals surface area contributed by atoms with Gasteiger partial charge in [-0.2, -0.15) is 0 Å². The molecule has 0 spiro atoms. The van der Waals surface area contributed by atoms with E-state index in [9.17, 15) is 4.79 Å². The number of rotatable bonds is 3. The molecule has 0 N–H and O–H groups in total. The maximum atomic E-state index is 11.1. The molecule has 0 unspecified atom stereocenters. The van der Waals surface area contributed by atoms with Crippen molar-refractivity contribution in [2.75, 3.05) is 0 Å². The molecule has 0 amide bonds. The highest BCUT2D eigenvalue weighted by atomic mass is 32.2. The highest BCUT2D eigenvalue weighted by Gasteiger charge is 2.22. The van der Waals surface area contributed by atoms with E-state index in [0.29, 0.717) is 5.76 Å². The van der Waals surface area contributed by atoms with Crippen LogP contribution >= 0.6 is 11.8 Å². The van der Waals surface area contributed by atoms with Crippen molar-refractivity contribution in [3.05, 3.63) is 41.0 Å². The van der Waals surface area contributed by atoms with Crippen molar-refractivity contribution >= 4 is 17.7 Å². The zero-order chi connectivity index (χ0) is 13.8. The second-order valence-electron chi connectivity index (χ2n) is 5.14. The number of esters is 1. The number of thioether (sulfide) groups is 1. The van der Waals surface area contributed by atoms with Gasteiger partial charge >= 0.3 is 5.97 Å². The molecule has 2 nitrogen and oxygen atoms in total. The quantitative estimate of drug-likeness (QED) is 0.452. The van der Waals surface area contributed by atoms with E-state index in [1.165, 1.54) is 6.92 Å². The van der Waals surface area contributed by atoms with E-state index in [0.717, 1.165) is 9.80 Å². The Bertz CT molecular complexity index is 441. The molecule has 1 aromatic rings. The predicted octanol–water partition coefficient (Wildman–Crippen LogP) is 4.62. The van der Waals surface area contributed by atoms with Crippen molar-refractivity contribution in [1.82, 2.24) is 0 Å². The molecule has 1 aromatic carbocycles. The normalized spacial score (nSPS) is 12.9. The van der Waals surface area contributed by atoms with Crippen molar-refractivity contribution in [2.24, 2.45) is 5.41 Å². The first-order chi connectivity index (χ1) is 8.30. The molecular weight excluding hydrogens is 244 g/mol. The van der Waals surface area contributed by atoms with E-state index < -0.39 is 0 Å². The van der Waals surface area contributed by atoms with E-state index in [4.69, 9.17) is 4.74 Å². The van der Waals surface area contributed by atoms with Gasteiger partial charge in [0.2, 0.25) is 0 Å². The van der Waals surface area contributed by atoms with Crippen LogP contribution in [0.25, 0.3) is 0 Å². The highest BCUT2D eigenvalue weighted by molar-refractivity contribution is 8.03. The molecule has 98 valence electrons. The second kappa shape index (κ2) is 6.10. The molecule has 0 atom stereocenters. The molecule has 3 heteroatoms. The Morgan fingerprint density at radius 2 is 1.67 bits per heavy atom. The van der Waals surface area contributed by atoms with Gasteiger partial charge in [0.15, 0.2) is 0 Å². The average molecular weight is 264 g/mol. The minimum absolute atomic E-state index is 0.0555. The topological polar surface area (TPSA) is 26.3 Å². The van der Waals surface area contributed by atoms with Gasteiger partial charge in [-0.05, 0) is 24.5 Å². The van der Waals surface area contributed by atoms with Crippen LogP contribution in [0.15, 0.2) is 45.9 Å². The van der Waals surface area contributed by atoms with Crippen LogP contribution < -0.4 is 0 Å². The lowest BCUT2D eigenvalue weighted by molar-refractivity contribution is -0.136. The lowest BCUT2D eigenvalue weighted by Gasteiger charge is -2.24. The largest absolute Gasteiger partial charge is 0.431 e. The molecule has 0 saturated carbocycles. The molecule has 1 rings (SSSR count). The zero-order valence-corrected chi connectivity index (χ0v) is 12.4. The molecule has 0 aliphatic carbocycles. The fourth-order valence-electron chi connectivity index (χ4n) is 1.62. The van der Waals surface area contributed by atoms with Crippen LogP contribution in [0.1, 0.15) is 34.6 Å². The fourth-order valence-corrected chi connectivity index (χ4v) is 2.64. The van der Waals surface area contributed by atoms with Crippen molar-refractivity contribution in [3.63, 3.8) is 0 Å². The standard InChI is InChI=1S/C15H20O2S/c1-11(17-12(2)16)14(15(3,4)5)18-13-9-7-6-8-10-13/h6-10H,1-5H3/b14-11+. The summed E-state index contributed by atoms with van der Waals surface area (Å²) in [6.45, 7) is 9.62. The van der Waals surface area contributed by atoms with E-state index in [1.54, 1.807) is 11.8 Å². The molecule has 0 fully saturated rings. The fraction of sp³-hybridized carbons (Fsp3) is 0.400. The van der Waals surface area contributed by atoms with Gasteiger partial charge < -0.3 is 4.74 Å². The molecule has 0 aliphatic heterocycles. The van der Waals surface area contributed by atoms with E-state index in [-0.39, 0.29) is 11.4 Å². The van der Waals surface area contributed by atoms with Crippen molar-refractivity contribution in [3.8, 4) is 0 Å². The summed E-state index contributed by atoms with van der Waals surface area (Å²) in [5.41, 5.74) is -0.0555. The number of carbonyl (C=O) groups is 1. The van der Waals surface area contributed by atoms with Crippen molar-refractivity contribution < 1.29 is 9.53 Å². The van der Waals surface area contributed by atoms with E-state index >= 15 is 0 Å². The van der Waals surface area contributed by atoms with Gasteiger partial charge in [0, 0.05) is 16.7 Å². The average Bonchev–Trinajstić information content (AvgIpc) is 2.24. The Labute approximate surface area is 113 Å². The molecule has 0 saturated heterocycles. The summed E-state index contributed by atoms with van der Waals surface area (Å²) < 4.78 is 5.23. The monoisotopic (exact) mass is 264 g/mol. The van der Waals surface area contributed by atoms with Crippen molar-refractivity contribution in [2.45, 2.75) is 39.5 Å². The van der Waals surface area contributed by atoms with Gasteiger partial charge in [-0.3, -0.25) is 4.79 Å². The SMILES string of the molecule is CC(=O)O/C(C)=C(/Sc1ccccc1)C(C)(C)C. The minimum Gasteiger partial charge on any atom is -0.431 e. The van der Waals surface area contributed by atoms with Crippen LogP contribution in [0, 0.1) is 5.41 Å². The van der Waals surface area contributed by atoms with E-state index in [2.05, 4.69) is 32.9 Å². The van der Waals surface area contributed by atoms with Crippen molar-refractivity contribution in [1.29, 1.82) is 0 Å². The third-order valence-corrected chi connectivity index (χ3v) is 3.87. The maximum absolute atomic E-state index is 11.1. The van der Waals surface area contributed by atoms with Crippen LogP contribution in [-0.2, 0) is 9.53 Å². The summed E-state index contributed by atoms with van der Waals surface area (Å²) in [6, 6.07) is 10.1. The number of carbonyl (C=O) groups excluding carboxylic acids is 1. The lowest BCUT2D eigenvalue weighted by atomic mass is 9.95. The van der Waals surface area contributed by atoms with Crippen LogP contribution in [0.2, 0.25) is 0 Å². The first kappa shape index (κ1) is 14.8. The highest BCUT2D eigenvalue weighted by Crippen LogP contribution is 2.41. The Kier molecular flexibility index (Phi) is 5.03. The zero-order valence-electron chi connectivity index (χ0n) is 11.6. The number of hydrogen-bond donors (Lipinski definition) is 0. The number of allylic oxidation sites excluding steroid dienone is 2. The van der Waals surface area contributed by atoms with Crippen LogP contribution in [0.5, 0.6) is 0 Å². The predicted molar refractivity (Wildman–Crippen MR) is 76.2 cm³/mol. The molecule has 0 bridgehead atoms. The van der Waals surface area contributed by atoms with Gasteiger partial charge in [0.25, 0.3) is 0 Å². The third kappa shape index (κ3) is 4.57. The molecule has 0 heterocycles. The lowest BCUT2D eigenvalue weighted by Crippen LogP contribution is -2.11. The Morgan fingerprint density at radius 3 is 2.11 bits per heavy atom. The summed E-state index contributed by atoms with van der Waals surface area (Å²) >= 11 is 1.65. The number of hydrogen-bond acceptors (Lipinski definition) is 3. The molecule has 0 aliphatic rings. The van der Waals surface area contributed by atoms with Crippen LogP contribution in [0.4, 0.5) is 0 Å². The molecular formula is C15H20O2S.